The van der Waals surface area contributed by atoms with Crippen molar-refractivity contribution in [2.45, 2.75) is 26.3 Å². The first-order chi connectivity index (χ1) is 7.42. The highest BCUT2D eigenvalue weighted by Crippen LogP contribution is 2.23. The first-order valence-corrected chi connectivity index (χ1v) is 5.28. The zero-order valence-electron chi connectivity index (χ0n) is 10.6. The monoisotopic (exact) mass is 224 g/mol. The molecule has 0 aromatic carbocycles. The molecule has 0 aliphatic carbocycles. The van der Waals surface area contributed by atoms with E-state index >= 15 is 0 Å². The van der Waals surface area contributed by atoms with Gasteiger partial charge in [-0.3, -0.25) is 0 Å². The smallest absolute Gasteiger partial charge is 0.224 e. The molecule has 0 spiro atoms. The van der Waals surface area contributed by atoms with Crippen LogP contribution in [0.4, 0.5) is 11.8 Å². The maximum atomic E-state index is 9.34. The van der Waals surface area contributed by atoms with Gasteiger partial charge in [0.25, 0.3) is 0 Å². The summed E-state index contributed by atoms with van der Waals surface area (Å²) in [5, 5.41) is 12.2. The summed E-state index contributed by atoms with van der Waals surface area (Å²) in [5.41, 5.74) is 0.646. The van der Waals surface area contributed by atoms with Crippen molar-refractivity contribution in [2.75, 3.05) is 30.9 Å². The number of hydrogen-bond donors (Lipinski definition) is 2. The van der Waals surface area contributed by atoms with Gasteiger partial charge < -0.3 is 15.3 Å². The van der Waals surface area contributed by atoms with Crippen molar-refractivity contribution in [3.05, 3.63) is 11.8 Å². The van der Waals surface area contributed by atoms with Gasteiger partial charge in [0.15, 0.2) is 0 Å². The van der Waals surface area contributed by atoms with E-state index < -0.39 is 0 Å². The molecule has 90 valence electrons. The number of aliphatic hydroxyl groups excluding tert-OH is 1. The Morgan fingerprint density at radius 1 is 1.50 bits per heavy atom. The van der Waals surface area contributed by atoms with Crippen LogP contribution in [0, 0.1) is 6.92 Å². The average Bonchev–Trinajstić information content (AvgIpc) is 2.29. The number of nitrogens with one attached hydrogen (secondary N) is 1. The fraction of sp³-hybridized carbons (Fsp3) is 0.636. The number of likely N-dealkylation sites (N-methyl/N-ethyl adjacent to an activating group) is 1. The van der Waals surface area contributed by atoms with Gasteiger partial charge in [-0.15, -0.1) is 0 Å². The van der Waals surface area contributed by atoms with E-state index in [9.17, 15) is 5.11 Å². The molecule has 1 heterocycles. The van der Waals surface area contributed by atoms with Crippen LogP contribution in [-0.2, 0) is 0 Å². The predicted octanol–water partition coefficient (Wildman–Crippen LogP) is 1.03. The maximum absolute atomic E-state index is 9.34. The standard InChI is InChI=1S/C11H20N4O/c1-8-6-13-10(12-4)14-9(8)15(5)11(2,3)7-16/h6,16H,7H2,1-5H3,(H,12,13,14). The number of nitrogens with zero attached hydrogens (tertiary/aromatic N) is 3. The molecule has 5 nitrogen and oxygen atoms in total. The molecular weight excluding hydrogens is 204 g/mol. The summed E-state index contributed by atoms with van der Waals surface area (Å²) in [5.74, 6) is 1.42. The number of rotatable bonds is 4. The van der Waals surface area contributed by atoms with E-state index in [1.807, 2.05) is 32.7 Å². The maximum Gasteiger partial charge on any atom is 0.224 e. The molecular formula is C11H20N4O. The molecule has 0 aliphatic rings. The lowest BCUT2D eigenvalue weighted by molar-refractivity contribution is 0.215. The van der Waals surface area contributed by atoms with Crippen molar-refractivity contribution in [1.29, 1.82) is 0 Å². The van der Waals surface area contributed by atoms with Crippen molar-refractivity contribution in [3.8, 4) is 0 Å². The van der Waals surface area contributed by atoms with Gasteiger partial charge in [0.05, 0.1) is 12.1 Å². The molecule has 5 heteroatoms. The molecule has 0 unspecified atom stereocenters. The highest BCUT2D eigenvalue weighted by molar-refractivity contribution is 5.50. The van der Waals surface area contributed by atoms with E-state index in [1.54, 1.807) is 13.2 Å². The minimum absolute atomic E-state index is 0.0713. The first-order valence-electron chi connectivity index (χ1n) is 5.28. The van der Waals surface area contributed by atoms with Gasteiger partial charge in [0, 0.05) is 25.9 Å². The van der Waals surface area contributed by atoms with E-state index in [-0.39, 0.29) is 12.1 Å². The van der Waals surface area contributed by atoms with Gasteiger partial charge in [-0.05, 0) is 20.8 Å². The second kappa shape index (κ2) is 4.65. The molecule has 1 aromatic heterocycles. The first kappa shape index (κ1) is 12.7. The zero-order chi connectivity index (χ0) is 12.3. The van der Waals surface area contributed by atoms with E-state index in [2.05, 4.69) is 15.3 Å². The van der Waals surface area contributed by atoms with E-state index in [0.29, 0.717) is 5.95 Å². The third-order valence-corrected chi connectivity index (χ3v) is 2.78. The lowest BCUT2D eigenvalue weighted by Gasteiger charge is -2.35. The van der Waals surface area contributed by atoms with Crippen LogP contribution in [0.2, 0.25) is 0 Å². The summed E-state index contributed by atoms with van der Waals surface area (Å²) in [6.07, 6.45) is 1.78. The fourth-order valence-corrected chi connectivity index (χ4v) is 1.29. The Morgan fingerprint density at radius 2 is 2.12 bits per heavy atom. The summed E-state index contributed by atoms with van der Waals surface area (Å²) in [6, 6.07) is 0. The molecule has 0 bridgehead atoms. The Bertz CT molecular complexity index is 365. The Morgan fingerprint density at radius 3 is 2.62 bits per heavy atom. The minimum atomic E-state index is -0.343. The number of aryl methyl sites for hydroxylation is 1. The van der Waals surface area contributed by atoms with E-state index in [1.165, 1.54) is 0 Å². The Balaban J connectivity index is 3.11. The van der Waals surface area contributed by atoms with Gasteiger partial charge in [-0.25, -0.2) is 4.98 Å². The lowest BCUT2D eigenvalue weighted by atomic mass is 10.0. The molecule has 1 rings (SSSR count). The third kappa shape index (κ3) is 2.41. The minimum Gasteiger partial charge on any atom is -0.394 e. The Labute approximate surface area is 96.5 Å². The highest BCUT2D eigenvalue weighted by Gasteiger charge is 2.25. The predicted molar refractivity (Wildman–Crippen MR) is 65.9 cm³/mol. The second-order valence-corrected chi connectivity index (χ2v) is 4.48. The second-order valence-electron chi connectivity index (χ2n) is 4.48. The van der Waals surface area contributed by atoms with Crippen molar-refractivity contribution in [3.63, 3.8) is 0 Å². The summed E-state index contributed by atoms with van der Waals surface area (Å²) < 4.78 is 0. The largest absolute Gasteiger partial charge is 0.394 e. The van der Waals surface area contributed by atoms with Crippen molar-refractivity contribution in [1.82, 2.24) is 9.97 Å². The molecule has 0 aliphatic heterocycles. The van der Waals surface area contributed by atoms with Crippen LogP contribution in [0.3, 0.4) is 0 Å². The SMILES string of the molecule is CNc1ncc(C)c(N(C)C(C)(C)CO)n1. The van der Waals surface area contributed by atoms with Crippen molar-refractivity contribution < 1.29 is 5.11 Å². The number of aromatic nitrogens is 2. The van der Waals surface area contributed by atoms with Crippen molar-refractivity contribution >= 4 is 11.8 Å². The van der Waals surface area contributed by atoms with E-state index in [0.717, 1.165) is 11.4 Å². The molecule has 2 N–H and O–H groups in total. The summed E-state index contributed by atoms with van der Waals surface area (Å²) in [7, 11) is 3.70. The molecule has 0 saturated carbocycles. The normalized spacial score (nSPS) is 11.4. The summed E-state index contributed by atoms with van der Waals surface area (Å²) in [6.45, 7) is 5.96. The van der Waals surface area contributed by atoms with Crippen LogP contribution in [0.5, 0.6) is 0 Å². The van der Waals surface area contributed by atoms with Crippen LogP contribution < -0.4 is 10.2 Å². The molecule has 0 saturated heterocycles. The Hall–Kier alpha value is -1.36. The number of anilines is 2. The van der Waals surface area contributed by atoms with Crippen LogP contribution in [0.25, 0.3) is 0 Å². The van der Waals surface area contributed by atoms with Gasteiger partial charge in [0.2, 0.25) is 5.95 Å². The van der Waals surface area contributed by atoms with Gasteiger partial charge in [-0.1, -0.05) is 0 Å². The number of hydrogen-bond acceptors (Lipinski definition) is 5. The average molecular weight is 224 g/mol. The lowest BCUT2D eigenvalue weighted by Crippen LogP contribution is -2.45. The zero-order valence-corrected chi connectivity index (χ0v) is 10.6. The van der Waals surface area contributed by atoms with E-state index in [4.69, 9.17) is 0 Å². The highest BCUT2D eigenvalue weighted by atomic mass is 16.3. The summed E-state index contributed by atoms with van der Waals surface area (Å²) >= 11 is 0. The molecule has 0 fully saturated rings. The van der Waals surface area contributed by atoms with Gasteiger partial charge >= 0.3 is 0 Å². The van der Waals surface area contributed by atoms with Crippen LogP contribution in [-0.4, -0.2) is 41.3 Å². The Kier molecular flexibility index (Phi) is 3.70. The topological polar surface area (TPSA) is 61.3 Å². The fourth-order valence-electron chi connectivity index (χ4n) is 1.29. The van der Waals surface area contributed by atoms with Crippen molar-refractivity contribution in [2.24, 2.45) is 0 Å². The van der Waals surface area contributed by atoms with Crippen LogP contribution in [0.15, 0.2) is 6.20 Å². The van der Waals surface area contributed by atoms with Crippen LogP contribution in [0.1, 0.15) is 19.4 Å². The molecule has 0 amide bonds. The quantitative estimate of drug-likeness (QED) is 0.800. The molecule has 0 radical (unpaired) electrons. The molecule has 0 atom stereocenters. The van der Waals surface area contributed by atoms with Gasteiger partial charge in [0.1, 0.15) is 5.82 Å². The molecule has 1 aromatic rings. The third-order valence-electron chi connectivity index (χ3n) is 2.78. The summed E-state index contributed by atoms with van der Waals surface area (Å²) in [4.78, 5) is 10.5. The van der Waals surface area contributed by atoms with Crippen LogP contribution >= 0.6 is 0 Å². The molecule has 16 heavy (non-hydrogen) atoms. The number of aliphatic hydroxyl groups is 1. The van der Waals surface area contributed by atoms with Gasteiger partial charge in [-0.2, -0.15) is 4.98 Å².